The van der Waals surface area contributed by atoms with Crippen molar-refractivity contribution in [1.29, 1.82) is 0 Å². The summed E-state index contributed by atoms with van der Waals surface area (Å²) < 4.78 is 23.8. The van der Waals surface area contributed by atoms with Crippen LogP contribution >= 0.6 is 11.6 Å². The smallest absolute Gasteiger partial charge is 0.142 e. The van der Waals surface area contributed by atoms with Gasteiger partial charge in [0.25, 0.3) is 0 Å². The molecule has 1 atom stereocenters. The lowest BCUT2D eigenvalue weighted by atomic mass is 10.3. The van der Waals surface area contributed by atoms with E-state index in [1.165, 1.54) is 12.1 Å². The van der Waals surface area contributed by atoms with Crippen molar-refractivity contribution in [2.24, 2.45) is 0 Å². The van der Waals surface area contributed by atoms with Gasteiger partial charge in [0.2, 0.25) is 0 Å². The van der Waals surface area contributed by atoms with Gasteiger partial charge >= 0.3 is 0 Å². The second-order valence-corrected chi connectivity index (χ2v) is 4.67. The van der Waals surface area contributed by atoms with Crippen LogP contribution in [0.15, 0.2) is 18.2 Å². The van der Waals surface area contributed by atoms with E-state index < -0.39 is 5.82 Å². The average molecular weight is 290 g/mol. The van der Waals surface area contributed by atoms with Gasteiger partial charge in [-0.05, 0) is 38.9 Å². The van der Waals surface area contributed by atoms with Gasteiger partial charge in [-0.15, -0.1) is 0 Å². The van der Waals surface area contributed by atoms with E-state index in [0.29, 0.717) is 5.75 Å². The Morgan fingerprint density at radius 1 is 1.42 bits per heavy atom. The lowest BCUT2D eigenvalue weighted by Gasteiger charge is -2.15. The SMILES string of the molecule is CCOCCCNCC(C)Oc1ccc(F)c(Cl)c1. The summed E-state index contributed by atoms with van der Waals surface area (Å²) in [7, 11) is 0. The van der Waals surface area contributed by atoms with Crippen LogP contribution in [0.3, 0.4) is 0 Å². The third-order valence-corrected chi connectivity index (χ3v) is 2.80. The summed E-state index contributed by atoms with van der Waals surface area (Å²) in [5.74, 6) is 0.144. The van der Waals surface area contributed by atoms with Gasteiger partial charge in [0.05, 0.1) is 5.02 Å². The van der Waals surface area contributed by atoms with Crippen molar-refractivity contribution in [3.8, 4) is 5.75 Å². The van der Waals surface area contributed by atoms with E-state index in [-0.39, 0.29) is 11.1 Å². The molecule has 1 rings (SSSR count). The molecule has 0 saturated carbocycles. The van der Waals surface area contributed by atoms with E-state index in [4.69, 9.17) is 21.1 Å². The van der Waals surface area contributed by atoms with Crippen molar-refractivity contribution in [3.63, 3.8) is 0 Å². The summed E-state index contributed by atoms with van der Waals surface area (Å²) >= 11 is 5.69. The molecule has 0 spiro atoms. The Morgan fingerprint density at radius 2 is 2.21 bits per heavy atom. The van der Waals surface area contributed by atoms with E-state index in [9.17, 15) is 4.39 Å². The highest BCUT2D eigenvalue weighted by atomic mass is 35.5. The number of rotatable bonds is 9. The van der Waals surface area contributed by atoms with Gasteiger partial charge in [0.1, 0.15) is 17.7 Å². The van der Waals surface area contributed by atoms with Crippen LogP contribution in [0, 0.1) is 5.82 Å². The Kier molecular flexibility index (Phi) is 7.79. The van der Waals surface area contributed by atoms with Crippen LogP contribution in [-0.2, 0) is 4.74 Å². The fourth-order valence-corrected chi connectivity index (χ4v) is 1.74. The van der Waals surface area contributed by atoms with Crippen LogP contribution in [0.2, 0.25) is 5.02 Å². The minimum absolute atomic E-state index is 0.00591. The van der Waals surface area contributed by atoms with E-state index >= 15 is 0 Å². The average Bonchev–Trinajstić information content (AvgIpc) is 2.38. The molecule has 5 heteroatoms. The van der Waals surface area contributed by atoms with Crippen LogP contribution in [-0.4, -0.2) is 32.4 Å². The molecule has 0 aliphatic heterocycles. The van der Waals surface area contributed by atoms with Crippen molar-refractivity contribution in [2.45, 2.75) is 26.4 Å². The van der Waals surface area contributed by atoms with Crippen LogP contribution < -0.4 is 10.1 Å². The zero-order valence-corrected chi connectivity index (χ0v) is 12.2. The zero-order valence-electron chi connectivity index (χ0n) is 11.4. The van der Waals surface area contributed by atoms with Crippen molar-refractivity contribution in [2.75, 3.05) is 26.3 Å². The molecule has 1 N–H and O–H groups in total. The molecule has 0 aliphatic rings. The molecule has 0 saturated heterocycles. The van der Waals surface area contributed by atoms with Crippen molar-refractivity contribution in [3.05, 3.63) is 29.0 Å². The number of nitrogens with one attached hydrogen (secondary N) is 1. The largest absolute Gasteiger partial charge is 0.489 e. The third kappa shape index (κ3) is 6.76. The molecule has 0 aliphatic carbocycles. The summed E-state index contributed by atoms with van der Waals surface area (Å²) in [5.41, 5.74) is 0. The van der Waals surface area contributed by atoms with E-state index in [0.717, 1.165) is 32.7 Å². The second-order valence-electron chi connectivity index (χ2n) is 4.26. The molecule has 3 nitrogen and oxygen atoms in total. The third-order valence-electron chi connectivity index (χ3n) is 2.51. The Morgan fingerprint density at radius 3 is 2.89 bits per heavy atom. The Hall–Kier alpha value is -0.840. The van der Waals surface area contributed by atoms with Crippen molar-refractivity contribution in [1.82, 2.24) is 5.32 Å². The number of ether oxygens (including phenoxy) is 2. The first-order chi connectivity index (χ1) is 9.13. The van der Waals surface area contributed by atoms with Gasteiger partial charge in [-0.2, -0.15) is 0 Å². The lowest BCUT2D eigenvalue weighted by Crippen LogP contribution is -2.30. The summed E-state index contributed by atoms with van der Waals surface area (Å²) in [6.07, 6.45) is 0.969. The molecule has 1 unspecified atom stereocenters. The molecule has 0 fully saturated rings. The van der Waals surface area contributed by atoms with E-state index in [1.807, 2.05) is 13.8 Å². The maximum atomic E-state index is 13.0. The number of halogens is 2. The fourth-order valence-electron chi connectivity index (χ4n) is 1.57. The molecule has 1 aromatic rings. The van der Waals surface area contributed by atoms with Gasteiger partial charge in [-0.25, -0.2) is 4.39 Å². The molecular weight excluding hydrogens is 269 g/mol. The highest BCUT2D eigenvalue weighted by molar-refractivity contribution is 6.30. The fraction of sp³-hybridized carbons (Fsp3) is 0.571. The first-order valence-corrected chi connectivity index (χ1v) is 6.91. The van der Waals surface area contributed by atoms with Crippen LogP contribution in [0.4, 0.5) is 4.39 Å². The maximum absolute atomic E-state index is 13.0. The molecule has 19 heavy (non-hydrogen) atoms. The van der Waals surface area contributed by atoms with Crippen LogP contribution in [0.5, 0.6) is 5.75 Å². The van der Waals surface area contributed by atoms with E-state index in [1.54, 1.807) is 6.07 Å². The molecule has 1 aromatic carbocycles. The monoisotopic (exact) mass is 289 g/mol. The highest BCUT2D eigenvalue weighted by Gasteiger charge is 2.06. The minimum atomic E-state index is -0.435. The number of hydrogen-bond donors (Lipinski definition) is 1. The topological polar surface area (TPSA) is 30.5 Å². The lowest BCUT2D eigenvalue weighted by molar-refractivity contribution is 0.143. The van der Waals surface area contributed by atoms with E-state index in [2.05, 4.69) is 5.32 Å². The van der Waals surface area contributed by atoms with Gasteiger partial charge < -0.3 is 14.8 Å². The second kappa shape index (κ2) is 9.13. The quantitative estimate of drug-likeness (QED) is 0.708. The number of benzene rings is 1. The predicted octanol–water partition coefficient (Wildman–Crippen LogP) is 3.26. The molecule has 0 radical (unpaired) electrons. The first-order valence-electron chi connectivity index (χ1n) is 6.53. The van der Waals surface area contributed by atoms with Gasteiger partial charge in [0.15, 0.2) is 0 Å². The maximum Gasteiger partial charge on any atom is 0.142 e. The van der Waals surface area contributed by atoms with Crippen molar-refractivity contribution >= 4 is 11.6 Å². The highest BCUT2D eigenvalue weighted by Crippen LogP contribution is 2.21. The van der Waals surface area contributed by atoms with Crippen LogP contribution in [0.25, 0.3) is 0 Å². The minimum Gasteiger partial charge on any atom is -0.489 e. The molecule has 0 amide bonds. The Balaban J connectivity index is 2.19. The molecule has 0 heterocycles. The van der Waals surface area contributed by atoms with Gasteiger partial charge in [-0.1, -0.05) is 11.6 Å². The first kappa shape index (κ1) is 16.2. The molecular formula is C14H21ClFNO2. The normalized spacial score (nSPS) is 12.4. The standard InChI is InChI=1S/C14H21ClFNO2/c1-3-18-8-4-7-17-10-11(2)19-12-5-6-14(16)13(15)9-12/h5-6,9,11,17H,3-4,7-8,10H2,1-2H3. The summed E-state index contributed by atoms with van der Waals surface area (Å²) in [5, 5.41) is 3.36. The Labute approximate surface area is 119 Å². The predicted molar refractivity (Wildman–Crippen MR) is 75.5 cm³/mol. The summed E-state index contributed by atoms with van der Waals surface area (Å²) in [6, 6.07) is 4.37. The molecule has 108 valence electrons. The Bertz CT molecular complexity index is 376. The summed E-state index contributed by atoms with van der Waals surface area (Å²) in [6.45, 7) is 7.07. The molecule has 0 bridgehead atoms. The zero-order chi connectivity index (χ0) is 14.1. The van der Waals surface area contributed by atoms with Crippen LogP contribution in [0.1, 0.15) is 20.3 Å². The molecule has 0 aromatic heterocycles. The van der Waals surface area contributed by atoms with Crippen molar-refractivity contribution < 1.29 is 13.9 Å². The van der Waals surface area contributed by atoms with Gasteiger partial charge in [0, 0.05) is 25.8 Å². The number of hydrogen-bond acceptors (Lipinski definition) is 3. The summed E-state index contributed by atoms with van der Waals surface area (Å²) in [4.78, 5) is 0. The van der Waals surface area contributed by atoms with Gasteiger partial charge in [-0.3, -0.25) is 0 Å².